The highest BCUT2D eigenvalue weighted by atomic mass is 31.2. The predicted molar refractivity (Wildman–Crippen MR) is 159 cm³/mol. The summed E-state index contributed by atoms with van der Waals surface area (Å²) < 4.78 is 49.8. The molecular formula is C29H56O6P2. The molecule has 0 heterocycles. The lowest BCUT2D eigenvalue weighted by Crippen LogP contribution is -2.20. The van der Waals surface area contributed by atoms with Crippen LogP contribution in [0.1, 0.15) is 113 Å². The molecule has 0 saturated heterocycles. The Labute approximate surface area is 228 Å². The highest BCUT2D eigenvalue weighted by molar-refractivity contribution is 7.72. The summed E-state index contributed by atoms with van der Waals surface area (Å²) in [6.07, 6.45) is 18.2. The van der Waals surface area contributed by atoms with E-state index < -0.39 is 20.6 Å². The monoisotopic (exact) mass is 562 g/mol. The van der Waals surface area contributed by atoms with E-state index in [0.717, 1.165) is 51.4 Å². The second-order valence-corrected chi connectivity index (χ2v) is 14.6. The van der Waals surface area contributed by atoms with Crippen LogP contribution in [0.5, 0.6) is 0 Å². The quantitative estimate of drug-likeness (QED) is 0.0701. The van der Waals surface area contributed by atoms with E-state index in [0.29, 0.717) is 6.42 Å². The molecule has 1 unspecified atom stereocenters. The average molecular weight is 563 g/mol. The summed E-state index contributed by atoms with van der Waals surface area (Å²) in [5.41, 5.74) is 2.82. The standard InChI is InChI=1S/C29H56O6P2/c1-9-32-36(30,33-10-2)29(37(31,34-11-3)35-12-4)25-28(8)24-20-16-19-23-27(7)22-18-15-13-14-17-21-26(5)6/h13,15,21,23,28-29H,9-12,14,16-20,22,24-25H2,1-8H3/b15-13+,27-23+. The molecule has 0 aliphatic heterocycles. The molecule has 1 atom stereocenters. The van der Waals surface area contributed by atoms with Crippen molar-refractivity contribution in [1.29, 1.82) is 0 Å². The fourth-order valence-corrected chi connectivity index (χ4v) is 9.85. The molecule has 0 saturated carbocycles. The minimum absolute atomic E-state index is 0.176. The van der Waals surface area contributed by atoms with Crippen LogP contribution in [0, 0.1) is 5.92 Å². The third kappa shape index (κ3) is 16.3. The Kier molecular flexibility index (Phi) is 21.1. The molecule has 218 valence electrons. The van der Waals surface area contributed by atoms with Gasteiger partial charge in [-0.3, -0.25) is 9.13 Å². The van der Waals surface area contributed by atoms with Crippen LogP contribution >= 0.6 is 15.2 Å². The van der Waals surface area contributed by atoms with Crippen molar-refractivity contribution in [2.75, 3.05) is 26.4 Å². The molecular weight excluding hydrogens is 506 g/mol. The van der Waals surface area contributed by atoms with E-state index in [1.165, 1.54) is 11.1 Å². The van der Waals surface area contributed by atoms with E-state index in [1.807, 2.05) is 0 Å². The second kappa shape index (κ2) is 21.4. The Hall–Kier alpha value is -0.480. The lowest BCUT2D eigenvalue weighted by atomic mass is 10.00. The SMILES string of the molecule is CCOP(=O)(OCC)C(CC(C)CCCC/C=C(\C)CC/C=C/CCC=C(C)C)P(=O)(OCC)OCC. The van der Waals surface area contributed by atoms with E-state index in [9.17, 15) is 9.13 Å². The van der Waals surface area contributed by atoms with Gasteiger partial charge in [-0.05, 0) is 99.3 Å². The normalized spacial score (nSPS) is 14.0. The average Bonchev–Trinajstić information content (AvgIpc) is 2.82. The Morgan fingerprint density at radius 2 is 1.22 bits per heavy atom. The first-order chi connectivity index (χ1) is 17.6. The minimum Gasteiger partial charge on any atom is -0.308 e. The van der Waals surface area contributed by atoms with Gasteiger partial charge in [-0.2, -0.15) is 0 Å². The highest BCUT2D eigenvalue weighted by Gasteiger charge is 2.51. The van der Waals surface area contributed by atoms with Gasteiger partial charge in [-0.15, -0.1) is 0 Å². The summed E-state index contributed by atoms with van der Waals surface area (Å²) in [5.74, 6) is 0.176. The molecule has 0 aromatic heterocycles. The van der Waals surface area contributed by atoms with Gasteiger partial charge in [0.15, 0.2) is 5.40 Å². The zero-order valence-electron chi connectivity index (χ0n) is 25.0. The number of hydrogen-bond acceptors (Lipinski definition) is 6. The van der Waals surface area contributed by atoms with Crippen molar-refractivity contribution in [2.24, 2.45) is 5.92 Å². The van der Waals surface area contributed by atoms with Crippen molar-refractivity contribution in [3.05, 3.63) is 35.5 Å². The Morgan fingerprint density at radius 3 is 1.70 bits per heavy atom. The van der Waals surface area contributed by atoms with Gasteiger partial charge >= 0.3 is 15.2 Å². The second-order valence-electron chi connectivity index (χ2n) is 9.78. The van der Waals surface area contributed by atoms with Gasteiger partial charge in [0.2, 0.25) is 0 Å². The van der Waals surface area contributed by atoms with Gasteiger partial charge in [0.1, 0.15) is 0 Å². The zero-order valence-corrected chi connectivity index (χ0v) is 26.8. The van der Waals surface area contributed by atoms with Crippen molar-refractivity contribution in [3.8, 4) is 0 Å². The maximum absolute atomic E-state index is 13.7. The molecule has 0 aliphatic carbocycles. The minimum atomic E-state index is -3.68. The molecule has 37 heavy (non-hydrogen) atoms. The smallest absolute Gasteiger partial charge is 0.308 e. The summed E-state index contributed by atoms with van der Waals surface area (Å²) in [4.78, 5) is 0. The van der Waals surface area contributed by atoms with Crippen molar-refractivity contribution in [3.63, 3.8) is 0 Å². The van der Waals surface area contributed by atoms with Crippen LogP contribution in [0.2, 0.25) is 0 Å². The van der Waals surface area contributed by atoms with Crippen LogP contribution in [-0.2, 0) is 27.2 Å². The predicted octanol–water partition coefficient (Wildman–Crippen LogP) is 10.5. The van der Waals surface area contributed by atoms with E-state index >= 15 is 0 Å². The van der Waals surface area contributed by atoms with Crippen LogP contribution in [-0.4, -0.2) is 31.8 Å². The number of unbranched alkanes of at least 4 members (excludes halogenated alkanes) is 3. The summed E-state index contributed by atoms with van der Waals surface area (Å²) in [5, 5.41) is -0.924. The molecule has 0 aromatic rings. The van der Waals surface area contributed by atoms with E-state index in [4.69, 9.17) is 18.1 Å². The van der Waals surface area contributed by atoms with Crippen LogP contribution < -0.4 is 0 Å². The summed E-state index contributed by atoms with van der Waals surface area (Å²) >= 11 is 0. The van der Waals surface area contributed by atoms with Crippen molar-refractivity contribution >= 4 is 15.2 Å². The van der Waals surface area contributed by atoms with Gasteiger partial charge in [0.05, 0.1) is 26.4 Å². The van der Waals surface area contributed by atoms with Crippen LogP contribution in [0.15, 0.2) is 35.5 Å². The summed E-state index contributed by atoms with van der Waals surface area (Å²) in [6.45, 7) is 16.5. The lowest BCUT2D eigenvalue weighted by Gasteiger charge is -2.32. The maximum atomic E-state index is 13.7. The van der Waals surface area contributed by atoms with Crippen molar-refractivity contribution in [2.45, 2.75) is 119 Å². The molecule has 6 nitrogen and oxygen atoms in total. The van der Waals surface area contributed by atoms with Gasteiger partial charge < -0.3 is 18.1 Å². The molecule has 8 heteroatoms. The third-order valence-corrected chi connectivity index (χ3v) is 12.0. The van der Waals surface area contributed by atoms with E-state index in [2.05, 4.69) is 52.0 Å². The molecule has 0 N–H and O–H groups in total. The van der Waals surface area contributed by atoms with Crippen molar-refractivity contribution in [1.82, 2.24) is 0 Å². The Morgan fingerprint density at radius 1 is 0.703 bits per heavy atom. The lowest BCUT2D eigenvalue weighted by molar-refractivity contribution is 0.190. The van der Waals surface area contributed by atoms with Gasteiger partial charge in [0.25, 0.3) is 0 Å². The molecule has 0 rings (SSSR count). The third-order valence-electron chi connectivity index (χ3n) is 5.98. The Bertz CT molecular complexity index is 720. The summed E-state index contributed by atoms with van der Waals surface area (Å²) in [7, 11) is -7.36. The van der Waals surface area contributed by atoms with Crippen molar-refractivity contribution < 1.29 is 27.2 Å². The van der Waals surface area contributed by atoms with E-state index in [-0.39, 0.29) is 32.3 Å². The number of hydrogen-bond donors (Lipinski definition) is 0. The molecule has 0 amide bonds. The topological polar surface area (TPSA) is 71.1 Å². The fraction of sp³-hybridized carbons (Fsp3) is 0.793. The first kappa shape index (κ1) is 36.5. The fourth-order valence-electron chi connectivity index (χ4n) is 4.15. The van der Waals surface area contributed by atoms with Crippen LogP contribution in [0.25, 0.3) is 0 Å². The molecule has 0 spiro atoms. The van der Waals surface area contributed by atoms with E-state index in [1.54, 1.807) is 27.7 Å². The van der Waals surface area contributed by atoms with Gasteiger partial charge in [-0.25, -0.2) is 0 Å². The molecule has 0 aliphatic rings. The number of rotatable bonds is 23. The molecule has 0 aromatic carbocycles. The molecule has 0 radical (unpaired) electrons. The first-order valence-electron chi connectivity index (χ1n) is 14.3. The van der Waals surface area contributed by atoms with Crippen LogP contribution in [0.3, 0.4) is 0 Å². The molecule has 0 fully saturated rings. The Balaban J connectivity index is 4.84. The van der Waals surface area contributed by atoms with Gasteiger partial charge in [-0.1, -0.05) is 55.2 Å². The summed E-state index contributed by atoms with van der Waals surface area (Å²) in [6, 6.07) is 0. The largest absolute Gasteiger partial charge is 0.345 e. The number of allylic oxidation sites excluding steroid dienone is 6. The highest BCUT2D eigenvalue weighted by Crippen LogP contribution is 2.72. The first-order valence-corrected chi connectivity index (χ1v) is 17.5. The van der Waals surface area contributed by atoms with Gasteiger partial charge in [0, 0.05) is 0 Å². The maximum Gasteiger partial charge on any atom is 0.345 e. The van der Waals surface area contributed by atoms with Crippen LogP contribution in [0.4, 0.5) is 0 Å². The zero-order chi connectivity index (χ0) is 28.2. The molecule has 0 bridgehead atoms.